The molecule has 4 nitrogen and oxygen atoms in total. The second kappa shape index (κ2) is 6.39. The zero-order valence-electron chi connectivity index (χ0n) is 11.6. The molecule has 0 aromatic heterocycles. The van der Waals surface area contributed by atoms with Crippen LogP contribution in [0.3, 0.4) is 0 Å². The van der Waals surface area contributed by atoms with Gasteiger partial charge in [-0.25, -0.2) is 0 Å². The number of aryl methyl sites for hydroxylation is 1. The van der Waals surface area contributed by atoms with Crippen LogP contribution in [0.1, 0.15) is 41.6 Å². The third kappa shape index (κ3) is 3.60. The van der Waals surface area contributed by atoms with Gasteiger partial charge in [-0.1, -0.05) is 15.9 Å². The molecule has 0 aliphatic carbocycles. The zero-order chi connectivity index (χ0) is 14.7. The number of rotatable bonds is 3. The van der Waals surface area contributed by atoms with E-state index in [0.717, 1.165) is 29.3 Å². The van der Waals surface area contributed by atoms with Crippen molar-refractivity contribution in [1.82, 2.24) is 4.90 Å². The molecular formula is C15H19BrN2O2. The lowest BCUT2D eigenvalue weighted by atomic mass is 9.97. The number of primary amides is 1. The molecule has 108 valence electrons. The molecule has 2 amide bonds. The maximum absolute atomic E-state index is 12.6. The molecule has 0 bridgehead atoms. The molecule has 5 heteroatoms. The van der Waals surface area contributed by atoms with Crippen molar-refractivity contribution in [1.29, 1.82) is 0 Å². The van der Waals surface area contributed by atoms with Crippen LogP contribution >= 0.6 is 15.9 Å². The van der Waals surface area contributed by atoms with Gasteiger partial charge in [-0.2, -0.15) is 0 Å². The van der Waals surface area contributed by atoms with Crippen LogP contribution in [0.25, 0.3) is 0 Å². The Morgan fingerprint density at radius 3 is 2.75 bits per heavy atom. The Bertz CT molecular complexity index is 510. The largest absolute Gasteiger partial charge is 0.370 e. The molecule has 2 rings (SSSR count). The molecule has 1 aliphatic rings. The van der Waals surface area contributed by atoms with Gasteiger partial charge in [0.25, 0.3) is 5.91 Å². The molecule has 1 atom stereocenters. The predicted molar refractivity (Wildman–Crippen MR) is 81.4 cm³/mol. The van der Waals surface area contributed by atoms with E-state index >= 15 is 0 Å². The molecule has 1 saturated heterocycles. The van der Waals surface area contributed by atoms with Crippen molar-refractivity contribution in [2.45, 2.75) is 38.6 Å². The number of hydrogen-bond acceptors (Lipinski definition) is 2. The van der Waals surface area contributed by atoms with Crippen LogP contribution in [-0.4, -0.2) is 29.3 Å². The quantitative estimate of drug-likeness (QED) is 0.920. The van der Waals surface area contributed by atoms with Gasteiger partial charge in [0.1, 0.15) is 0 Å². The van der Waals surface area contributed by atoms with Crippen LogP contribution < -0.4 is 5.73 Å². The third-order valence-electron chi connectivity index (χ3n) is 3.61. The predicted octanol–water partition coefficient (Wildman–Crippen LogP) is 2.63. The Balaban J connectivity index is 2.22. The Hall–Kier alpha value is -1.36. The molecular weight excluding hydrogens is 320 g/mol. The molecule has 0 radical (unpaired) electrons. The second-order valence-corrected chi connectivity index (χ2v) is 6.25. The van der Waals surface area contributed by atoms with Gasteiger partial charge in [-0.3, -0.25) is 9.59 Å². The zero-order valence-corrected chi connectivity index (χ0v) is 13.1. The highest BCUT2D eigenvalue weighted by Crippen LogP contribution is 2.23. The summed E-state index contributed by atoms with van der Waals surface area (Å²) in [7, 11) is 0. The second-order valence-electron chi connectivity index (χ2n) is 5.34. The Kier molecular flexibility index (Phi) is 4.81. The fraction of sp³-hybridized carbons (Fsp3) is 0.467. The topological polar surface area (TPSA) is 63.4 Å². The van der Waals surface area contributed by atoms with Crippen LogP contribution in [0.15, 0.2) is 22.7 Å². The van der Waals surface area contributed by atoms with Gasteiger partial charge in [-0.05, 0) is 49.9 Å². The summed E-state index contributed by atoms with van der Waals surface area (Å²) in [5.74, 6) is -0.361. The summed E-state index contributed by atoms with van der Waals surface area (Å²) in [6, 6.07) is 5.61. The molecule has 20 heavy (non-hydrogen) atoms. The Morgan fingerprint density at radius 2 is 2.10 bits per heavy atom. The van der Waals surface area contributed by atoms with Crippen molar-refractivity contribution in [3.63, 3.8) is 0 Å². The maximum Gasteiger partial charge on any atom is 0.254 e. The summed E-state index contributed by atoms with van der Waals surface area (Å²) in [6.45, 7) is 2.65. The van der Waals surface area contributed by atoms with Gasteiger partial charge in [0, 0.05) is 29.0 Å². The molecule has 1 aromatic rings. The van der Waals surface area contributed by atoms with Crippen molar-refractivity contribution in [2.24, 2.45) is 5.73 Å². The van der Waals surface area contributed by atoms with Crippen molar-refractivity contribution in [3.8, 4) is 0 Å². The number of nitrogens with two attached hydrogens (primary N) is 1. The summed E-state index contributed by atoms with van der Waals surface area (Å²) >= 11 is 3.42. The Morgan fingerprint density at radius 1 is 1.35 bits per heavy atom. The van der Waals surface area contributed by atoms with E-state index in [1.165, 1.54) is 0 Å². The molecule has 1 fully saturated rings. The first kappa shape index (κ1) is 15.0. The van der Waals surface area contributed by atoms with Gasteiger partial charge < -0.3 is 10.6 Å². The first-order chi connectivity index (χ1) is 9.47. The van der Waals surface area contributed by atoms with Gasteiger partial charge in [-0.15, -0.1) is 0 Å². The van der Waals surface area contributed by atoms with Crippen LogP contribution in [0.2, 0.25) is 0 Å². The standard InChI is InChI=1S/C15H19BrN2O2/c1-10-6-11(8-12(16)7-10)15(20)18-5-3-2-4-13(18)9-14(17)19/h6-8,13H,2-5,9H2,1H3,(H2,17,19)/t13-/m0/s1. The lowest BCUT2D eigenvalue weighted by Crippen LogP contribution is -2.45. The molecule has 1 heterocycles. The molecule has 2 N–H and O–H groups in total. The minimum absolute atomic E-state index is 0.0136. The number of hydrogen-bond donors (Lipinski definition) is 1. The van der Waals surface area contributed by atoms with Crippen molar-refractivity contribution >= 4 is 27.7 Å². The van der Waals surface area contributed by atoms with Gasteiger partial charge in [0.05, 0.1) is 0 Å². The third-order valence-corrected chi connectivity index (χ3v) is 4.07. The summed E-state index contributed by atoms with van der Waals surface area (Å²) < 4.78 is 0.893. The molecule has 1 aliphatic heterocycles. The van der Waals surface area contributed by atoms with Gasteiger partial charge >= 0.3 is 0 Å². The van der Waals surface area contributed by atoms with Crippen molar-refractivity contribution in [3.05, 3.63) is 33.8 Å². The van der Waals surface area contributed by atoms with Crippen LogP contribution in [0.5, 0.6) is 0 Å². The maximum atomic E-state index is 12.6. The van der Waals surface area contributed by atoms with Gasteiger partial charge in [0.15, 0.2) is 0 Å². The molecule has 0 unspecified atom stereocenters. The first-order valence-corrected chi connectivity index (χ1v) is 7.63. The summed E-state index contributed by atoms with van der Waals surface area (Å²) in [5, 5.41) is 0. The lowest BCUT2D eigenvalue weighted by Gasteiger charge is -2.35. The number of benzene rings is 1. The van der Waals surface area contributed by atoms with Crippen molar-refractivity contribution in [2.75, 3.05) is 6.54 Å². The fourth-order valence-corrected chi connectivity index (χ4v) is 3.35. The van der Waals surface area contributed by atoms with Gasteiger partial charge in [0.2, 0.25) is 5.91 Å². The smallest absolute Gasteiger partial charge is 0.254 e. The highest BCUT2D eigenvalue weighted by atomic mass is 79.9. The first-order valence-electron chi connectivity index (χ1n) is 6.84. The Labute approximate surface area is 127 Å². The van der Waals surface area contributed by atoms with E-state index in [0.29, 0.717) is 12.1 Å². The fourth-order valence-electron chi connectivity index (χ4n) is 2.74. The average molecular weight is 339 g/mol. The van der Waals surface area contributed by atoms with E-state index in [1.54, 1.807) is 4.90 Å². The summed E-state index contributed by atoms with van der Waals surface area (Å²) in [4.78, 5) is 25.6. The number of carbonyl (C=O) groups is 2. The normalized spacial score (nSPS) is 18.9. The van der Waals surface area contributed by atoms with E-state index < -0.39 is 0 Å². The lowest BCUT2D eigenvalue weighted by molar-refractivity contribution is -0.119. The van der Waals surface area contributed by atoms with Crippen molar-refractivity contribution < 1.29 is 9.59 Å². The van der Waals surface area contributed by atoms with Crippen LogP contribution in [0.4, 0.5) is 0 Å². The van der Waals surface area contributed by atoms with E-state index in [9.17, 15) is 9.59 Å². The highest BCUT2D eigenvalue weighted by Gasteiger charge is 2.28. The van der Waals surface area contributed by atoms with E-state index in [-0.39, 0.29) is 24.3 Å². The van der Waals surface area contributed by atoms with Crippen LogP contribution in [-0.2, 0) is 4.79 Å². The highest BCUT2D eigenvalue weighted by molar-refractivity contribution is 9.10. The number of piperidine rings is 1. The molecule has 1 aromatic carbocycles. The molecule has 0 saturated carbocycles. The average Bonchev–Trinajstić information content (AvgIpc) is 2.36. The molecule has 0 spiro atoms. The van der Waals surface area contributed by atoms with E-state index in [4.69, 9.17) is 5.73 Å². The minimum atomic E-state index is -0.347. The monoisotopic (exact) mass is 338 g/mol. The number of carbonyl (C=O) groups excluding carboxylic acids is 2. The number of likely N-dealkylation sites (tertiary alicyclic amines) is 1. The van der Waals surface area contributed by atoms with Crippen LogP contribution in [0, 0.1) is 6.92 Å². The summed E-state index contributed by atoms with van der Waals surface area (Å²) in [6.07, 6.45) is 3.12. The van der Waals surface area contributed by atoms with E-state index in [1.807, 2.05) is 25.1 Å². The minimum Gasteiger partial charge on any atom is -0.370 e. The number of halogens is 1. The SMILES string of the molecule is Cc1cc(Br)cc(C(=O)N2CCCC[C@H]2CC(N)=O)c1. The summed E-state index contributed by atoms with van der Waals surface area (Å²) in [5.41, 5.74) is 6.98. The number of nitrogens with zero attached hydrogens (tertiary/aromatic N) is 1. The number of amides is 2. The van der Waals surface area contributed by atoms with E-state index in [2.05, 4.69) is 15.9 Å².